The van der Waals surface area contributed by atoms with Crippen LogP contribution in [0.5, 0.6) is 0 Å². The van der Waals surface area contributed by atoms with Gasteiger partial charge in [-0.2, -0.15) is 0 Å². The van der Waals surface area contributed by atoms with Gasteiger partial charge in [0.15, 0.2) is 0 Å². The molecule has 3 aromatic rings. The van der Waals surface area contributed by atoms with Gasteiger partial charge in [0, 0.05) is 12.6 Å². The first-order chi connectivity index (χ1) is 20.9. The van der Waals surface area contributed by atoms with Gasteiger partial charge in [0.1, 0.15) is 12.6 Å². The third-order valence-corrected chi connectivity index (χ3v) is 10.7. The number of anilines is 1. The first kappa shape index (κ1) is 33.8. The van der Waals surface area contributed by atoms with Crippen molar-refractivity contribution in [1.82, 2.24) is 10.2 Å². The monoisotopic (exact) mass is 657 g/mol. The molecule has 1 aliphatic carbocycles. The molecule has 0 radical (unpaired) electrons. The highest BCUT2D eigenvalue weighted by atomic mass is 35.5. The Morgan fingerprint density at radius 2 is 1.55 bits per heavy atom. The third-order valence-electron chi connectivity index (χ3n) is 8.18. The largest absolute Gasteiger partial charge is 0.352 e. The number of carbonyl (C=O) groups excluding carboxylic acids is 2. The maximum absolute atomic E-state index is 14.4. The zero-order valence-electron chi connectivity index (χ0n) is 25.8. The lowest BCUT2D eigenvalue weighted by molar-refractivity contribution is -0.140. The average molecular weight is 659 g/mol. The third kappa shape index (κ3) is 8.14. The van der Waals surface area contributed by atoms with Crippen molar-refractivity contribution >= 4 is 50.7 Å². The second kappa shape index (κ2) is 14.8. The minimum absolute atomic E-state index is 0.0532. The van der Waals surface area contributed by atoms with Crippen molar-refractivity contribution in [3.63, 3.8) is 0 Å². The molecule has 0 aromatic heterocycles. The van der Waals surface area contributed by atoms with E-state index in [2.05, 4.69) is 5.32 Å². The molecule has 0 aliphatic heterocycles. The molecule has 1 atom stereocenters. The molecule has 236 valence electrons. The van der Waals surface area contributed by atoms with Crippen LogP contribution in [0.1, 0.15) is 67.7 Å². The number of rotatable bonds is 11. The summed E-state index contributed by atoms with van der Waals surface area (Å²) in [5.74, 6) is -0.746. The van der Waals surface area contributed by atoms with E-state index < -0.39 is 28.5 Å². The molecule has 0 bridgehead atoms. The Kier molecular flexibility index (Phi) is 11.4. The summed E-state index contributed by atoms with van der Waals surface area (Å²) in [4.78, 5) is 29.6. The van der Waals surface area contributed by atoms with E-state index in [4.69, 9.17) is 23.2 Å². The normalized spacial score (nSPS) is 14.6. The number of nitrogens with one attached hydrogen (secondary N) is 1. The molecule has 44 heavy (non-hydrogen) atoms. The van der Waals surface area contributed by atoms with E-state index in [0.717, 1.165) is 47.5 Å². The maximum atomic E-state index is 14.4. The molecule has 3 aromatic carbocycles. The summed E-state index contributed by atoms with van der Waals surface area (Å²) in [5, 5.41) is 3.87. The molecule has 0 saturated heterocycles. The molecule has 7 nitrogen and oxygen atoms in total. The molecule has 1 unspecified atom stereocenters. The second-order valence-electron chi connectivity index (χ2n) is 11.7. The number of benzene rings is 3. The maximum Gasteiger partial charge on any atom is 0.264 e. The summed E-state index contributed by atoms with van der Waals surface area (Å²) in [6.07, 6.45) is 5.40. The van der Waals surface area contributed by atoms with E-state index in [0.29, 0.717) is 33.3 Å². The second-order valence-corrected chi connectivity index (χ2v) is 14.3. The Balaban J connectivity index is 1.74. The highest BCUT2D eigenvalue weighted by Gasteiger charge is 2.35. The quantitative estimate of drug-likeness (QED) is 0.233. The number of hydrogen-bond donors (Lipinski definition) is 1. The van der Waals surface area contributed by atoms with Crippen LogP contribution in [-0.2, 0) is 26.2 Å². The van der Waals surface area contributed by atoms with Crippen LogP contribution in [0.15, 0.2) is 65.6 Å². The van der Waals surface area contributed by atoms with Gasteiger partial charge in [-0.05, 0) is 81.5 Å². The fourth-order valence-corrected chi connectivity index (χ4v) is 7.53. The Morgan fingerprint density at radius 1 is 0.886 bits per heavy atom. The van der Waals surface area contributed by atoms with E-state index >= 15 is 0 Å². The SMILES string of the molecule is CCC(C(=O)NC1CCCCC1)N(Cc1ccc(Cl)c(Cl)c1)C(=O)CN(c1ccc(C)cc1C)S(=O)(=O)c1ccc(C)cc1. The van der Waals surface area contributed by atoms with E-state index in [1.54, 1.807) is 48.5 Å². The van der Waals surface area contributed by atoms with Gasteiger partial charge < -0.3 is 10.2 Å². The summed E-state index contributed by atoms with van der Waals surface area (Å²) >= 11 is 12.5. The Hall–Kier alpha value is -3.07. The number of amides is 2. The molecule has 0 spiro atoms. The van der Waals surface area contributed by atoms with Crippen molar-refractivity contribution < 1.29 is 18.0 Å². The highest BCUT2D eigenvalue weighted by molar-refractivity contribution is 7.92. The molecule has 1 aliphatic rings. The highest BCUT2D eigenvalue weighted by Crippen LogP contribution is 2.29. The molecule has 1 fully saturated rings. The van der Waals surface area contributed by atoms with Crippen molar-refractivity contribution in [2.24, 2.45) is 0 Å². The summed E-state index contributed by atoms with van der Waals surface area (Å²) in [7, 11) is -4.15. The van der Waals surface area contributed by atoms with Gasteiger partial charge in [-0.1, -0.05) is 90.8 Å². The number of aryl methyl sites for hydroxylation is 3. The lowest BCUT2D eigenvalue weighted by atomic mass is 9.95. The first-order valence-electron chi connectivity index (χ1n) is 15.1. The lowest BCUT2D eigenvalue weighted by Crippen LogP contribution is -2.54. The number of carbonyl (C=O) groups is 2. The van der Waals surface area contributed by atoms with E-state index in [1.807, 2.05) is 39.8 Å². The van der Waals surface area contributed by atoms with Crippen LogP contribution in [0.2, 0.25) is 10.0 Å². The lowest BCUT2D eigenvalue weighted by Gasteiger charge is -2.35. The fourth-order valence-electron chi connectivity index (χ4n) is 5.73. The minimum atomic E-state index is -4.15. The van der Waals surface area contributed by atoms with Crippen LogP contribution < -0.4 is 9.62 Å². The molecule has 4 rings (SSSR count). The van der Waals surface area contributed by atoms with Gasteiger partial charge in [0.25, 0.3) is 10.0 Å². The van der Waals surface area contributed by atoms with Gasteiger partial charge in [0.2, 0.25) is 11.8 Å². The molecule has 10 heteroatoms. The molecule has 1 N–H and O–H groups in total. The van der Waals surface area contributed by atoms with Crippen molar-refractivity contribution in [1.29, 1.82) is 0 Å². The van der Waals surface area contributed by atoms with Crippen LogP contribution in [-0.4, -0.2) is 43.8 Å². The summed E-state index contributed by atoms with van der Waals surface area (Å²) in [5.41, 5.74) is 3.68. The Labute approximate surface area is 271 Å². The minimum Gasteiger partial charge on any atom is -0.352 e. The van der Waals surface area contributed by atoms with Gasteiger partial charge >= 0.3 is 0 Å². The van der Waals surface area contributed by atoms with Crippen LogP contribution in [0.25, 0.3) is 0 Å². The number of hydrogen-bond acceptors (Lipinski definition) is 4. The fraction of sp³-hybridized carbons (Fsp3) is 0.412. The van der Waals surface area contributed by atoms with E-state index in [-0.39, 0.29) is 23.4 Å². The van der Waals surface area contributed by atoms with Gasteiger partial charge in [-0.25, -0.2) is 8.42 Å². The van der Waals surface area contributed by atoms with Crippen LogP contribution in [0, 0.1) is 20.8 Å². The standard InChI is InChI=1S/C34H41Cl2N3O4S/c1-5-31(34(41)37-27-9-7-6-8-10-27)38(21-26-14-17-29(35)30(36)20-26)33(40)22-39(32-18-13-24(3)19-25(32)4)44(42,43)28-15-11-23(2)12-16-28/h11-20,27,31H,5-10,21-22H2,1-4H3,(H,37,41). The number of nitrogens with zero attached hydrogens (tertiary/aromatic N) is 2. The van der Waals surface area contributed by atoms with Crippen LogP contribution in [0.4, 0.5) is 5.69 Å². The van der Waals surface area contributed by atoms with Gasteiger partial charge in [0.05, 0.1) is 20.6 Å². The van der Waals surface area contributed by atoms with Crippen molar-refractivity contribution in [3.05, 3.63) is 93.0 Å². The molecular formula is C34H41Cl2N3O4S. The predicted octanol–water partition coefficient (Wildman–Crippen LogP) is 7.37. The first-order valence-corrected chi connectivity index (χ1v) is 17.3. The summed E-state index contributed by atoms with van der Waals surface area (Å²) in [6.45, 7) is 7.05. The number of sulfonamides is 1. The van der Waals surface area contributed by atoms with Gasteiger partial charge in [-0.3, -0.25) is 13.9 Å². The molecule has 1 saturated carbocycles. The van der Waals surface area contributed by atoms with E-state index in [1.165, 1.54) is 4.90 Å². The number of halogens is 2. The average Bonchev–Trinajstić information content (AvgIpc) is 2.98. The van der Waals surface area contributed by atoms with Crippen molar-refractivity contribution in [2.45, 2.75) is 89.7 Å². The van der Waals surface area contributed by atoms with E-state index in [9.17, 15) is 18.0 Å². The predicted molar refractivity (Wildman–Crippen MR) is 178 cm³/mol. The summed E-state index contributed by atoms with van der Waals surface area (Å²) in [6, 6.07) is 16.3. The smallest absolute Gasteiger partial charge is 0.264 e. The van der Waals surface area contributed by atoms with Crippen LogP contribution >= 0.6 is 23.2 Å². The van der Waals surface area contributed by atoms with Crippen molar-refractivity contribution in [2.75, 3.05) is 10.8 Å². The zero-order valence-corrected chi connectivity index (χ0v) is 28.1. The topological polar surface area (TPSA) is 86.8 Å². The molecule has 2 amide bonds. The van der Waals surface area contributed by atoms with Crippen molar-refractivity contribution in [3.8, 4) is 0 Å². The Morgan fingerprint density at radius 3 is 2.16 bits per heavy atom. The Bertz CT molecular complexity index is 1590. The van der Waals surface area contributed by atoms with Gasteiger partial charge in [-0.15, -0.1) is 0 Å². The van der Waals surface area contributed by atoms with Crippen LogP contribution in [0.3, 0.4) is 0 Å². The summed E-state index contributed by atoms with van der Waals surface area (Å²) < 4.78 is 29.5. The zero-order chi connectivity index (χ0) is 32.0. The molecule has 0 heterocycles. The molecular weight excluding hydrogens is 617 g/mol.